The van der Waals surface area contributed by atoms with Crippen LogP contribution in [0.25, 0.3) is 0 Å². The van der Waals surface area contributed by atoms with Crippen molar-refractivity contribution in [3.05, 3.63) is 0 Å². The maximum atomic E-state index is 12.0. The second-order valence-corrected chi connectivity index (χ2v) is 7.62. The summed E-state index contributed by atoms with van der Waals surface area (Å²) in [6, 6.07) is -0.761. The summed E-state index contributed by atoms with van der Waals surface area (Å²) in [7, 11) is -3.20. The molecule has 3 amide bonds. The van der Waals surface area contributed by atoms with Crippen LogP contribution in [0.3, 0.4) is 0 Å². The van der Waals surface area contributed by atoms with E-state index in [2.05, 4.69) is 10.6 Å². The highest BCUT2D eigenvalue weighted by Gasteiger charge is 2.52. The van der Waals surface area contributed by atoms with Gasteiger partial charge in [-0.15, -0.1) is 0 Å². The van der Waals surface area contributed by atoms with Crippen molar-refractivity contribution in [2.24, 2.45) is 5.73 Å². The lowest BCUT2D eigenvalue weighted by Gasteiger charge is -2.28. The Morgan fingerprint density at radius 3 is 2.17 bits per heavy atom. The topological polar surface area (TPSA) is 118 Å². The van der Waals surface area contributed by atoms with Crippen molar-refractivity contribution in [1.82, 2.24) is 10.6 Å². The first-order chi connectivity index (χ1) is 7.96. The van der Waals surface area contributed by atoms with Crippen LogP contribution in [-0.2, 0) is 14.6 Å². The molecule has 0 atom stereocenters. The fourth-order valence-electron chi connectivity index (χ4n) is 1.89. The van der Waals surface area contributed by atoms with E-state index in [1.807, 2.05) is 0 Å². The van der Waals surface area contributed by atoms with Crippen molar-refractivity contribution in [3.63, 3.8) is 0 Å². The lowest BCUT2D eigenvalue weighted by molar-refractivity contribution is -0.125. The van der Waals surface area contributed by atoms with Gasteiger partial charge in [-0.25, -0.2) is 13.2 Å². The SMILES string of the molecule is CC(C)(CS(C)(=O)=O)NC(=O)C1(NC(N)=O)CC1. The number of nitrogens with one attached hydrogen (secondary N) is 2. The number of rotatable bonds is 5. The molecule has 0 heterocycles. The molecule has 0 aromatic carbocycles. The molecule has 0 aromatic rings. The van der Waals surface area contributed by atoms with E-state index in [9.17, 15) is 18.0 Å². The Balaban J connectivity index is 2.67. The Hall–Kier alpha value is -1.31. The molecular weight excluding hydrogens is 258 g/mol. The van der Waals surface area contributed by atoms with E-state index >= 15 is 0 Å². The molecule has 1 fully saturated rings. The van der Waals surface area contributed by atoms with Crippen molar-refractivity contribution >= 4 is 21.8 Å². The standard InChI is InChI=1S/C10H19N3O4S/c1-9(2,6-18(3,16)17)12-7(14)10(4-5-10)13-8(11)15/h4-6H2,1-3H3,(H,12,14)(H3,11,13,15). The van der Waals surface area contributed by atoms with Crippen LogP contribution in [-0.4, -0.2) is 43.4 Å². The molecule has 1 aliphatic rings. The van der Waals surface area contributed by atoms with Gasteiger partial charge in [-0.1, -0.05) is 0 Å². The summed E-state index contributed by atoms with van der Waals surface area (Å²) in [6.07, 6.45) is 2.13. The molecule has 0 aromatic heterocycles. The van der Waals surface area contributed by atoms with Gasteiger partial charge in [0, 0.05) is 11.8 Å². The Kier molecular flexibility index (Phi) is 3.62. The van der Waals surface area contributed by atoms with Crippen LogP contribution in [0, 0.1) is 0 Å². The molecular formula is C10H19N3O4S. The normalized spacial score (nSPS) is 17.9. The van der Waals surface area contributed by atoms with Crippen LogP contribution in [0.5, 0.6) is 0 Å². The van der Waals surface area contributed by atoms with Gasteiger partial charge in [-0.05, 0) is 26.7 Å². The van der Waals surface area contributed by atoms with Crippen molar-refractivity contribution in [2.45, 2.75) is 37.8 Å². The summed E-state index contributed by atoms with van der Waals surface area (Å²) in [5.41, 5.74) is 3.15. The first kappa shape index (κ1) is 14.7. The Morgan fingerprint density at radius 1 is 1.33 bits per heavy atom. The number of hydrogen-bond acceptors (Lipinski definition) is 4. The van der Waals surface area contributed by atoms with Gasteiger partial charge in [0.25, 0.3) is 0 Å². The van der Waals surface area contributed by atoms with E-state index in [1.54, 1.807) is 13.8 Å². The van der Waals surface area contributed by atoms with Gasteiger partial charge in [0.1, 0.15) is 15.4 Å². The minimum atomic E-state index is -3.20. The summed E-state index contributed by atoms with van der Waals surface area (Å²) >= 11 is 0. The predicted octanol–water partition coefficient (Wildman–Crippen LogP) is -0.873. The molecule has 0 spiro atoms. The van der Waals surface area contributed by atoms with Gasteiger partial charge in [-0.2, -0.15) is 0 Å². The van der Waals surface area contributed by atoms with Gasteiger partial charge >= 0.3 is 6.03 Å². The molecule has 1 saturated carbocycles. The van der Waals surface area contributed by atoms with Gasteiger partial charge < -0.3 is 16.4 Å². The van der Waals surface area contributed by atoms with Crippen LogP contribution in [0.1, 0.15) is 26.7 Å². The van der Waals surface area contributed by atoms with Gasteiger partial charge in [0.15, 0.2) is 0 Å². The fourth-order valence-corrected chi connectivity index (χ4v) is 3.27. The predicted molar refractivity (Wildman–Crippen MR) is 66.6 cm³/mol. The van der Waals surface area contributed by atoms with Crippen LogP contribution >= 0.6 is 0 Å². The number of nitrogens with two attached hydrogens (primary N) is 1. The van der Waals surface area contributed by atoms with E-state index in [1.165, 1.54) is 0 Å². The van der Waals surface area contributed by atoms with E-state index in [4.69, 9.17) is 5.73 Å². The van der Waals surface area contributed by atoms with Crippen molar-refractivity contribution in [1.29, 1.82) is 0 Å². The minimum Gasteiger partial charge on any atom is -0.352 e. The monoisotopic (exact) mass is 277 g/mol. The van der Waals surface area contributed by atoms with E-state index in [0.717, 1.165) is 6.26 Å². The second-order valence-electron chi connectivity index (χ2n) is 5.48. The number of primary amides is 1. The molecule has 1 aliphatic carbocycles. The quantitative estimate of drug-likeness (QED) is 0.605. The van der Waals surface area contributed by atoms with Crippen LogP contribution < -0.4 is 16.4 Å². The number of hydrogen-bond donors (Lipinski definition) is 3. The first-order valence-corrected chi connectivity index (χ1v) is 7.60. The van der Waals surface area contributed by atoms with Crippen molar-refractivity contribution in [3.8, 4) is 0 Å². The molecule has 0 saturated heterocycles. The first-order valence-electron chi connectivity index (χ1n) is 5.54. The van der Waals surface area contributed by atoms with E-state index in [0.29, 0.717) is 12.8 Å². The lowest BCUT2D eigenvalue weighted by atomic mass is 10.1. The maximum absolute atomic E-state index is 12.0. The minimum absolute atomic E-state index is 0.168. The zero-order chi connectivity index (χ0) is 14.2. The molecule has 7 nitrogen and oxygen atoms in total. The molecule has 1 rings (SSSR count). The summed E-state index contributed by atoms with van der Waals surface area (Å²) in [5, 5.41) is 5.03. The van der Waals surface area contributed by atoms with E-state index < -0.39 is 32.9 Å². The second kappa shape index (κ2) is 4.42. The number of urea groups is 1. The number of carbonyl (C=O) groups excluding carboxylic acids is 2. The Labute approximate surface area is 106 Å². The average molecular weight is 277 g/mol. The zero-order valence-electron chi connectivity index (χ0n) is 10.7. The molecule has 8 heteroatoms. The number of amides is 3. The lowest BCUT2D eigenvalue weighted by Crippen LogP contribution is -2.57. The molecule has 0 bridgehead atoms. The van der Waals surface area contributed by atoms with Gasteiger partial charge in [-0.3, -0.25) is 4.79 Å². The summed E-state index contributed by atoms with van der Waals surface area (Å²) in [4.78, 5) is 22.8. The summed E-state index contributed by atoms with van der Waals surface area (Å²) in [5.74, 6) is -0.562. The maximum Gasteiger partial charge on any atom is 0.313 e. The molecule has 0 aliphatic heterocycles. The third-order valence-electron chi connectivity index (χ3n) is 2.62. The highest BCUT2D eigenvalue weighted by Crippen LogP contribution is 2.35. The highest BCUT2D eigenvalue weighted by molar-refractivity contribution is 7.90. The van der Waals surface area contributed by atoms with Gasteiger partial charge in [0.2, 0.25) is 5.91 Å². The van der Waals surface area contributed by atoms with Gasteiger partial charge in [0.05, 0.1) is 5.75 Å². The molecule has 104 valence electrons. The fraction of sp³-hybridized carbons (Fsp3) is 0.800. The average Bonchev–Trinajstić information content (AvgIpc) is 2.77. The largest absolute Gasteiger partial charge is 0.352 e. The van der Waals surface area contributed by atoms with Crippen molar-refractivity contribution < 1.29 is 18.0 Å². The Bertz CT molecular complexity index is 466. The molecule has 4 N–H and O–H groups in total. The zero-order valence-corrected chi connectivity index (χ0v) is 11.6. The van der Waals surface area contributed by atoms with Crippen LogP contribution in [0.2, 0.25) is 0 Å². The summed E-state index contributed by atoms with van der Waals surface area (Å²) < 4.78 is 22.5. The summed E-state index contributed by atoms with van der Waals surface area (Å²) in [6.45, 7) is 3.23. The Morgan fingerprint density at radius 2 is 1.83 bits per heavy atom. The number of carbonyl (C=O) groups is 2. The van der Waals surface area contributed by atoms with Crippen LogP contribution in [0.15, 0.2) is 0 Å². The van der Waals surface area contributed by atoms with E-state index in [-0.39, 0.29) is 5.75 Å². The van der Waals surface area contributed by atoms with Crippen molar-refractivity contribution in [2.75, 3.05) is 12.0 Å². The smallest absolute Gasteiger partial charge is 0.313 e. The third-order valence-corrected chi connectivity index (χ3v) is 3.87. The van der Waals surface area contributed by atoms with Crippen LogP contribution in [0.4, 0.5) is 4.79 Å². The molecule has 0 unspecified atom stereocenters. The molecule has 18 heavy (non-hydrogen) atoms. The molecule has 0 radical (unpaired) electrons. The highest BCUT2D eigenvalue weighted by atomic mass is 32.2. The number of sulfone groups is 1. The third kappa shape index (κ3) is 4.17.